The van der Waals surface area contributed by atoms with Crippen molar-refractivity contribution in [3.05, 3.63) is 113 Å². The van der Waals surface area contributed by atoms with Crippen molar-refractivity contribution >= 4 is 23.5 Å². The van der Waals surface area contributed by atoms with Crippen LogP contribution in [0.5, 0.6) is 0 Å². The molecule has 0 saturated heterocycles. The Bertz CT molecular complexity index is 1360. The standard InChI is InChI=1S/C28H26F2N4O2S/c1-34-27(32-33-28(34)37-18-21-9-5-6-10-23(21)30)24(17-19-7-3-2-4-8-19)31-26(36)16-15-25(35)20-11-13-22(29)14-12-20/h2-14,24H,15-18H2,1H3,(H,31,36)/t24-/m1/s1. The van der Waals surface area contributed by atoms with Crippen molar-refractivity contribution in [2.75, 3.05) is 0 Å². The van der Waals surface area contributed by atoms with Crippen LogP contribution in [0, 0.1) is 11.6 Å². The van der Waals surface area contributed by atoms with Crippen LogP contribution in [0.25, 0.3) is 0 Å². The Kier molecular flexibility index (Phi) is 8.79. The molecular formula is C28H26F2N4O2S. The molecule has 0 spiro atoms. The van der Waals surface area contributed by atoms with Crippen molar-refractivity contribution in [2.45, 2.75) is 36.2 Å². The molecular weight excluding hydrogens is 494 g/mol. The predicted octanol–water partition coefficient (Wildman–Crippen LogP) is 5.45. The monoisotopic (exact) mass is 520 g/mol. The lowest BCUT2D eigenvalue weighted by molar-refractivity contribution is -0.121. The Morgan fingerprint density at radius 2 is 1.62 bits per heavy atom. The van der Waals surface area contributed by atoms with Gasteiger partial charge >= 0.3 is 0 Å². The van der Waals surface area contributed by atoms with E-state index in [9.17, 15) is 18.4 Å². The maximum Gasteiger partial charge on any atom is 0.221 e. The molecule has 1 aromatic heterocycles. The van der Waals surface area contributed by atoms with Gasteiger partial charge < -0.3 is 9.88 Å². The Morgan fingerprint density at radius 3 is 2.35 bits per heavy atom. The van der Waals surface area contributed by atoms with Gasteiger partial charge in [-0.3, -0.25) is 9.59 Å². The van der Waals surface area contributed by atoms with E-state index in [4.69, 9.17) is 0 Å². The maximum absolute atomic E-state index is 14.0. The number of carbonyl (C=O) groups is 2. The largest absolute Gasteiger partial charge is 0.346 e. The van der Waals surface area contributed by atoms with E-state index in [0.29, 0.717) is 34.3 Å². The van der Waals surface area contributed by atoms with Crippen molar-refractivity contribution in [1.82, 2.24) is 20.1 Å². The fourth-order valence-corrected chi connectivity index (χ4v) is 4.75. The van der Waals surface area contributed by atoms with Gasteiger partial charge in [0.05, 0.1) is 6.04 Å². The van der Waals surface area contributed by atoms with E-state index in [1.54, 1.807) is 29.8 Å². The minimum atomic E-state index is -0.490. The van der Waals surface area contributed by atoms with Crippen molar-refractivity contribution in [3.63, 3.8) is 0 Å². The minimum absolute atomic E-state index is 0.00190. The molecule has 1 N–H and O–H groups in total. The molecule has 1 atom stereocenters. The summed E-state index contributed by atoms with van der Waals surface area (Å²) in [5.41, 5.74) is 1.93. The molecule has 1 amide bonds. The van der Waals surface area contributed by atoms with Gasteiger partial charge in [-0.2, -0.15) is 0 Å². The number of aromatic nitrogens is 3. The van der Waals surface area contributed by atoms with Crippen LogP contribution in [0.4, 0.5) is 8.78 Å². The van der Waals surface area contributed by atoms with E-state index in [-0.39, 0.29) is 30.3 Å². The highest BCUT2D eigenvalue weighted by molar-refractivity contribution is 7.98. The number of ketones is 1. The summed E-state index contributed by atoms with van der Waals surface area (Å²) in [5, 5.41) is 12.2. The second-order valence-electron chi connectivity index (χ2n) is 8.52. The fourth-order valence-electron chi connectivity index (χ4n) is 3.84. The molecule has 0 fully saturated rings. The quantitative estimate of drug-likeness (QED) is 0.210. The average Bonchev–Trinajstić information content (AvgIpc) is 3.27. The van der Waals surface area contributed by atoms with E-state index >= 15 is 0 Å². The summed E-state index contributed by atoms with van der Waals surface area (Å²) in [6, 6.07) is 21.0. The van der Waals surface area contributed by atoms with E-state index in [1.165, 1.54) is 42.1 Å². The van der Waals surface area contributed by atoms with E-state index in [0.717, 1.165) is 5.56 Å². The minimum Gasteiger partial charge on any atom is -0.346 e. The number of benzene rings is 3. The molecule has 190 valence electrons. The number of halogens is 2. The van der Waals surface area contributed by atoms with Crippen molar-refractivity contribution in [2.24, 2.45) is 7.05 Å². The topological polar surface area (TPSA) is 76.9 Å². The number of thioether (sulfide) groups is 1. The molecule has 9 heteroatoms. The van der Waals surface area contributed by atoms with Crippen molar-refractivity contribution in [1.29, 1.82) is 0 Å². The lowest BCUT2D eigenvalue weighted by Gasteiger charge is -2.18. The van der Waals surface area contributed by atoms with Gasteiger partial charge in [-0.15, -0.1) is 10.2 Å². The molecule has 0 aliphatic carbocycles. The van der Waals surface area contributed by atoms with Crippen LogP contribution in [-0.2, 0) is 24.0 Å². The summed E-state index contributed by atoms with van der Waals surface area (Å²) < 4.78 is 28.9. The third-order valence-electron chi connectivity index (χ3n) is 5.86. The van der Waals surface area contributed by atoms with E-state index in [2.05, 4.69) is 15.5 Å². The van der Waals surface area contributed by atoms with Crippen molar-refractivity contribution < 1.29 is 18.4 Å². The molecule has 0 radical (unpaired) electrons. The van der Waals surface area contributed by atoms with Gasteiger partial charge in [0.1, 0.15) is 11.6 Å². The molecule has 37 heavy (non-hydrogen) atoms. The molecule has 6 nitrogen and oxygen atoms in total. The van der Waals surface area contributed by atoms with E-state index in [1.807, 2.05) is 30.3 Å². The van der Waals surface area contributed by atoms with E-state index < -0.39 is 11.9 Å². The third kappa shape index (κ3) is 7.10. The fraction of sp³-hybridized carbons (Fsp3) is 0.214. The van der Waals surface area contributed by atoms with Crippen LogP contribution in [0.1, 0.15) is 46.2 Å². The molecule has 1 heterocycles. The van der Waals surface area contributed by atoms with Gasteiger partial charge in [-0.05, 0) is 47.9 Å². The Hall–Kier alpha value is -3.85. The second kappa shape index (κ2) is 12.4. The maximum atomic E-state index is 14.0. The first kappa shape index (κ1) is 26.2. The zero-order valence-electron chi connectivity index (χ0n) is 20.2. The Morgan fingerprint density at radius 1 is 0.919 bits per heavy atom. The number of carbonyl (C=O) groups excluding carboxylic acids is 2. The normalized spacial score (nSPS) is 11.8. The van der Waals surface area contributed by atoms with Gasteiger partial charge in [-0.25, -0.2) is 8.78 Å². The number of rotatable bonds is 11. The Balaban J connectivity index is 1.45. The van der Waals surface area contributed by atoms with Crippen LogP contribution in [0.2, 0.25) is 0 Å². The molecule has 0 unspecified atom stereocenters. The van der Waals surface area contributed by atoms with Gasteiger partial charge in [0, 0.05) is 31.2 Å². The molecule has 0 aliphatic heterocycles. The van der Waals surface area contributed by atoms with Crippen LogP contribution in [-0.4, -0.2) is 26.5 Å². The van der Waals surface area contributed by atoms with Crippen LogP contribution in [0.3, 0.4) is 0 Å². The molecule has 0 aliphatic rings. The molecule has 0 bridgehead atoms. The number of amides is 1. The second-order valence-corrected chi connectivity index (χ2v) is 9.46. The van der Waals surface area contributed by atoms with Crippen molar-refractivity contribution in [3.8, 4) is 0 Å². The highest BCUT2D eigenvalue weighted by Gasteiger charge is 2.23. The number of hydrogen-bond acceptors (Lipinski definition) is 5. The Labute approximate surface area is 218 Å². The molecule has 4 aromatic rings. The van der Waals surface area contributed by atoms with Gasteiger partial charge in [-0.1, -0.05) is 60.3 Å². The first-order valence-electron chi connectivity index (χ1n) is 11.8. The predicted molar refractivity (Wildman–Crippen MR) is 138 cm³/mol. The summed E-state index contributed by atoms with van der Waals surface area (Å²) in [5.74, 6) is -0.298. The third-order valence-corrected chi connectivity index (χ3v) is 6.93. The molecule has 4 rings (SSSR count). The first-order valence-corrected chi connectivity index (χ1v) is 12.8. The summed E-state index contributed by atoms with van der Waals surface area (Å²) in [7, 11) is 1.81. The number of hydrogen-bond donors (Lipinski definition) is 1. The van der Waals surface area contributed by atoms with Crippen LogP contribution >= 0.6 is 11.8 Å². The first-order chi connectivity index (χ1) is 17.9. The van der Waals surface area contributed by atoms with Gasteiger partial charge in [0.25, 0.3) is 0 Å². The zero-order chi connectivity index (χ0) is 26.2. The summed E-state index contributed by atoms with van der Waals surface area (Å²) in [4.78, 5) is 25.3. The van der Waals surface area contributed by atoms with Gasteiger partial charge in [0.15, 0.2) is 16.8 Å². The van der Waals surface area contributed by atoms with Crippen LogP contribution < -0.4 is 5.32 Å². The lowest BCUT2D eigenvalue weighted by Crippen LogP contribution is -2.32. The zero-order valence-corrected chi connectivity index (χ0v) is 21.1. The number of nitrogens with one attached hydrogen (secondary N) is 1. The lowest BCUT2D eigenvalue weighted by atomic mass is 10.0. The summed E-state index contributed by atoms with van der Waals surface area (Å²) >= 11 is 1.36. The highest BCUT2D eigenvalue weighted by Crippen LogP contribution is 2.25. The summed E-state index contributed by atoms with van der Waals surface area (Å²) in [6.07, 6.45) is 0.453. The SMILES string of the molecule is Cn1c(SCc2ccccc2F)nnc1[C@@H](Cc1ccccc1)NC(=O)CCC(=O)c1ccc(F)cc1. The number of Topliss-reactive ketones (excluding diaryl/α,β-unsaturated/α-hetero) is 1. The van der Waals surface area contributed by atoms with Gasteiger partial charge in [0.2, 0.25) is 5.91 Å². The smallest absolute Gasteiger partial charge is 0.221 e. The average molecular weight is 521 g/mol. The summed E-state index contributed by atoms with van der Waals surface area (Å²) in [6.45, 7) is 0. The number of nitrogens with zero attached hydrogens (tertiary/aromatic N) is 3. The van der Waals surface area contributed by atoms with Crippen LogP contribution in [0.15, 0.2) is 84.0 Å². The highest BCUT2D eigenvalue weighted by atomic mass is 32.2. The molecule has 0 saturated carbocycles. The molecule has 3 aromatic carbocycles.